The van der Waals surface area contributed by atoms with Gasteiger partial charge >= 0.3 is 5.97 Å². The minimum absolute atomic E-state index is 0.137. The first-order valence-corrected chi connectivity index (χ1v) is 8.43. The molecule has 0 radical (unpaired) electrons. The quantitative estimate of drug-likeness (QED) is 0.659. The first-order valence-electron chi connectivity index (χ1n) is 7.62. The Labute approximate surface area is 152 Å². The van der Waals surface area contributed by atoms with Crippen molar-refractivity contribution in [2.75, 3.05) is 14.2 Å². The number of amides is 1. The largest absolute Gasteiger partial charge is 0.495 e. The molecule has 1 heterocycles. The van der Waals surface area contributed by atoms with Gasteiger partial charge in [-0.1, -0.05) is 29.5 Å². The zero-order chi connectivity index (χ0) is 18.7. The number of ether oxygens (including phenoxy) is 2. The lowest BCUT2D eigenvalue weighted by molar-refractivity contribution is -0.141. The number of nitrogens with zero attached hydrogens (tertiary/aromatic N) is 2. The molecule has 0 saturated heterocycles. The van der Waals surface area contributed by atoms with Gasteiger partial charge in [-0.2, -0.15) is 4.99 Å². The van der Waals surface area contributed by atoms with E-state index in [0.717, 1.165) is 4.70 Å². The standard InChI is InChI=1S/C18H15FN2O4S/c1-24-13-8-5-9-14-16(13)21(10-15(22)25-2)18(26-14)20-17(23)11-6-3-4-7-12(11)19/h3-9H,10H2,1-2H3. The molecule has 0 bridgehead atoms. The third kappa shape index (κ3) is 3.36. The number of para-hydroxylation sites is 1. The van der Waals surface area contributed by atoms with Crippen molar-refractivity contribution in [3.63, 3.8) is 0 Å². The van der Waals surface area contributed by atoms with Crippen LogP contribution in [0, 0.1) is 5.82 Å². The van der Waals surface area contributed by atoms with Crippen LogP contribution in [0.25, 0.3) is 10.2 Å². The number of aromatic nitrogens is 1. The topological polar surface area (TPSA) is 69.9 Å². The second kappa shape index (κ2) is 7.49. The van der Waals surface area contributed by atoms with Gasteiger partial charge in [-0.25, -0.2) is 4.39 Å². The van der Waals surface area contributed by atoms with Gasteiger partial charge in [0.15, 0.2) is 4.80 Å². The molecular weight excluding hydrogens is 359 g/mol. The predicted molar refractivity (Wildman–Crippen MR) is 94.7 cm³/mol. The number of carbonyl (C=O) groups excluding carboxylic acids is 2. The van der Waals surface area contributed by atoms with E-state index in [1.54, 1.807) is 18.2 Å². The van der Waals surface area contributed by atoms with Crippen molar-refractivity contribution < 1.29 is 23.5 Å². The van der Waals surface area contributed by atoms with Crippen LogP contribution in [0.5, 0.6) is 5.75 Å². The normalized spacial score (nSPS) is 11.6. The number of hydrogen-bond donors (Lipinski definition) is 0. The van der Waals surface area contributed by atoms with Crippen molar-refractivity contribution in [3.05, 3.63) is 58.6 Å². The SMILES string of the molecule is COC(=O)Cn1c(=NC(=O)c2ccccc2F)sc2cccc(OC)c21. The van der Waals surface area contributed by atoms with Crippen molar-refractivity contribution >= 4 is 33.4 Å². The molecule has 1 amide bonds. The average molecular weight is 374 g/mol. The van der Waals surface area contributed by atoms with Crippen LogP contribution in [0.15, 0.2) is 47.5 Å². The van der Waals surface area contributed by atoms with Gasteiger partial charge in [-0.3, -0.25) is 9.59 Å². The maximum absolute atomic E-state index is 13.9. The van der Waals surface area contributed by atoms with Crippen LogP contribution in [0.2, 0.25) is 0 Å². The minimum Gasteiger partial charge on any atom is -0.495 e. The Hall–Kier alpha value is -3.00. The van der Waals surface area contributed by atoms with Gasteiger partial charge in [0.2, 0.25) is 0 Å². The number of esters is 1. The van der Waals surface area contributed by atoms with Gasteiger partial charge in [-0.15, -0.1) is 0 Å². The molecule has 0 saturated carbocycles. The van der Waals surface area contributed by atoms with E-state index in [1.807, 2.05) is 6.07 Å². The molecular formula is C18H15FN2O4S. The fraction of sp³-hybridized carbons (Fsp3) is 0.167. The van der Waals surface area contributed by atoms with Crippen LogP contribution in [0.1, 0.15) is 10.4 Å². The van der Waals surface area contributed by atoms with E-state index in [9.17, 15) is 14.0 Å². The molecule has 3 rings (SSSR count). The summed E-state index contributed by atoms with van der Waals surface area (Å²) in [6.45, 7) is -0.153. The first kappa shape index (κ1) is 17.8. The zero-order valence-corrected chi connectivity index (χ0v) is 14.9. The maximum Gasteiger partial charge on any atom is 0.325 e. The van der Waals surface area contributed by atoms with E-state index in [4.69, 9.17) is 9.47 Å². The Bertz CT molecular complexity index is 1050. The summed E-state index contributed by atoms with van der Waals surface area (Å²) in [5.74, 6) is -1.36. The average Bonchev–Trinajstić information content (AvgIpc) is 2.99. The van der Waals surface area contributed by atoms with Crippen LogP contribution in [-0.2, 0) is 16.1 Å². The Morgan fingerprint density at radius 1 is 1.15 bits per heavy atom. The lowest BCUT2D eigenvalue weighted by Gasteiger charge is -2.07. The van der Waals surface area contributed by atoms with E-state index in [2.05, 4.69) is 4.99 Å². The molecule has 0 spiro atoms. The lowest BCUT2D eigenvalue weighted by Crippen LogP contribution is -2.22. The summed E-state index contributed by atoms with van der Waals surface area (Å²) >= 11 is 1.20. The van der Waals surface area contributed by atoms with Crippen molar-refractivity contribution in [2.45, 2.75) is 6.54 Å². The number of thiazole rings is 1. The second-order valence-corrected chi connectivity index (χ2v) is 6.26. The van der Waals surface area contributed by atoms with Gasteiger partial charge in [0.1, 0.15) is 23.6 Å². The molecule has 0 N–H and O–H groups in total. The van der Waals surface area contributed by atoms with Crippen LogP contribution in [-0.4, -0.2) is 30.7 Å². The molecule has 0 aliphatic carbocycles. The first-order chi connectivity index (χ1) is 12.5. The van der Waals surface area contributed by atoms with Gasteiger partial charge in [0.05, 0.1) is 24.5 Å². The van der Waals surface area contributed by atoms with Crippen LogP contribution < -0.4 is 9.54 Å². The molecule has 3 aromatic rings. The number of halogens is 1. The highest BCUT2D eigenvalue weighted by Gasteiger charge is 2.16. The highest BCUT2D eigenvalue weighted by molar-refractivity contribution is 7.16. The monoisotopic (exact) mass is 374 g/mol. The Balaban J connectivity index is 2.21. The maximum atomic E-state index is 13.9. The van der Waals surface area contributed by atoms with Gasteiger partial charge < -0.3 is 14.0 Å². The van der Waals surface area contributed by atoms with Crippen molar-refractivity contribution in [3.8, 4) is 5.75 Å². The number of carbonyl (C=O) groups is 2. The second-order valence-electron chi connectivity index (χ2n) is 5.25. The number of fused-ring (bicyclic) bond motifs is 1. The molecule has 0 aliphatic rings. The molecule has 1 aromatic heterocycles. The van der Waals surface area contributed by atoms with E-state index in [-0.39, 0.29) is 16.9 Å². The molecule has 134 valence electrons. The smallest absolute Gasteiger partial charge is 0.325 e. The number of rotatable bonds is 4. The summed E-state index contributed by atoms with van der Waals surface area (Å²) in [6.07, 6.45) is 0. The van der Waals surface area contributed by atoms with Gasteiger partial charge in [0.25, 0.3) is 5.91 Å². The molecule has 0 fully saturated rings. The minimum atomic E-state index is -0.729. The summed E-state index contributed by atoms with van der Waals surface area (Å²) in [4.78, 5) is 28.5. The van der Waals surface area contributed by atoms with Crippen molar-refractivity contribution in [2.24, 2.45) is 4.99 Å². The summed E-state index contributed by atoms with van der Waals surface area (Å²) in [7, 11) is 2.78. The fourth-order valence-electron chi connectivity index (χ4n) is 2.47. The summed E-state index contributed by atoms with van der Waals surface area (Å²) in [5, 5.41) is 0. The zero-order valence-electron chi connectivity index (χ0n) is 14.1. The van der Waals surface area contributed by atoms with E-state index in [0.29, 0.717) is 11.3 Å². The highest BCUT2D eigenvalue weighted by Crippen LogP contribution is 2.27. The third-order valence-electron chi connectivity index (χ3n) is 3.70. The lowest BCUT2D eigenvalue weighted by atomic mass is 10.2. The molecule has 6 nitrogen and oxygen atoms in total. The van der Waals surface area contributed by atoms with Gasteiger partial charge in [-0.05, 0) is 24.3 Å². The Kier molecular flexibility index (Phi) is 5.13. The molecule has 0 unspecified atom stereocenters. The number of methoxy groups -OCH3 is 2. The van der Waals surface area contributed by atoms with E-state index < -0.39 is 17.7 Å². The molecule has 8 heteroatoms. The summed E-state index contributed by atoms with van der Waals surface area (Å²) < 4.78 is 26.2. The third-order valence-corrected chi connectivity index (χ3v) is 4.74. The summed E-state index contributed by atoms with van der Waals surface area (Å²) in [5.41, 5.74) is 0.479. The molecule has 2 aromatic carbocycles. The van der Waals surface area contributed by atoms with Crippen LogP contribution in [0.3, 0.4) is 0 Å². The summed E-state index contributed by atoms with van der Waals surface area (Å²) in [6, 6.07) is 11.0. The number of hydrogen-bond acceptors (Lipinski definition) is 5. The van der Waals surface area contributed by atoms with Crippen LogP contribution >= 0.6 is 11.3 Å². The number of benzene rings is 2. The predicted octanol–water partition coefficient (Wildman–Crippen LogP) is 2.76. The Morgan fingerprint density at radius 2 is 1.92 bits per heavy atom. The van der Waals surface area contributed by atoms with Crippen molar-refractivity contribution in [1.82, 2.24) is 4.57 Å². The van der Waals surface area contributed by atoms with E-state index in [1.165, 1.54) is 48.3 Å². The van der Waals surface area contributed by atoms with Crippen molar-refractivity contribution in [1.29, 1.82) is 0 Å². The molecule has 26 heavy (non-hydrogen) atoms. The highest BCUT2D eigenvalue weighted by atomic mass is 32.1. The fourth-order valence-corrected chi connectivity index (χ4v) is 3.51. The molecule has 0 atom stereocenters. The van der Waals surface area contributed by atoms with E-state index >= 15 is 0 Å². The van der Waals surface area contributed by atoms with Gasteiger partial charge in [0, 0.05) is 0 Å². The van der Waals surface area contributed by atoms with Crippen LogP contribution in [0.4, 0.5) is 4.39 Å². The molecule has 0 aliphatic heterocycles. The Morgan fingerprint density at radius 3 is 2.62 bits per heavy atom.